The van der Waals surface area contributed by atoms with Gasteiger partial charge in [0, 0.05) is 0 Å². The third-order valence-electron chi connectivity index (χ3n) is 1.64. The van der Waals surface area contributed by atoms with Crippen molar-refractivity contribution in [3.8, 4) is 0 Å². The highest BCUT2D eigenvalue weighted by Crippen LogP contribution is 2.22. The Morgan fingerprint density at radius 2 is 2.00 bits per heavy atom. The molecule has 0 bridgehead atoms. The number of hydrogen-bond donors (Lipinski definition) is 1. The molecule has 0 atom stereocenters. The van der Waals surface area contributed by atoms with Crippen molar-refractivity contribution in [1.82, 2.24) is 5.32 Å². The van der Waals surface area contributed by atoms with E-state index in [1.807, 2.05) is 0 Å². The minimum absolute atomic E-state index is 0. The summed E-state index contributed by atoms with van der Waals surface area (Å²) in [7, 11) is 0. The fraction of sp³-hybridized carbons (Fsp3) is 1.00. The summed E-state index contributed by atoms with van der Waals surface area (Å²) in [4.78, 5) is 0. The van der Waals surface area contributed by atoms with Crippen molar-refractivity contribution in [3.63, 3.8) is 0 Å². The normalized spacial score (nSPS) is 19.5. The Morgan fingerprint density at radius 3 is 2.10 bits per heavy atom. The smallest absolute Gasteiger partial charge is 0.105 e. The predicted octanol–water partition coefficient (Wildman–Crippen LogP) is 1.77. The van der Waals surface area contributed by atoms with E-state index in [9.17, 15) is 4.39 Å². The second-order valence-corrected chi connectivity index (χ2v) is 3.45. The summed E-state index contributed by atoms with van der Waals surface area (Å²) < 4.78 is 12.8. The molecule has 62 valence electrons. The van der Waals surface area contributed by atoms with E-state index in [-0.39, 0.29) is 12.4 Å². The molecule has 1 nitrogen and oxygen atoms in total. The topological polar surface area (TPSA) is 12.0 Å². The first-order chi connectivity index (χ1) is 4.08. The van der Waals surface area contributed by atoms with Gasteiger partial charge in [0.2, 0.25) is 0 Å². The number of alkyl halides is 1. The minimum atomic E-state index is -0.966. The van der Waals surface area contributed by atoms with Gasteiger partial charge in [0.25, 0.3) is 0 Å². The van der Waals surface area contributed by atoms with Gasteiger partial charge in [0.05, 0.1) is 0 Å². The fourth-order valence-electron chi connectivity index (χ4n) is 1.18. The van der Waals surface area contributed by atoms with Crippen molar-refractivity contribution >= 4 is 12.4 Å². The third kappa shape index (κ3) is 3.37. The maximum absolute atomic E-state index is 12.8. The van der Waals surface area contributed by atoms with E-state index in [2.05, 4.69) is 5.32 Å². The van der Waals surface area contributed by atoms with E-state index in [0.29, 0.717) is 12.3 Å². The average Bonchev–Trinajstić information content (AvgIpc) is 1.53. The van der Waals surface area contributed by atoms with Gasteiger partial charge in [-0.15, -0.1) is 12.4 Å². The maximum atomic E-state index is 12.8. The van der Waals surface area contributed by atoms with Gasteiger partial charge in [0.15, 0.2) is 0 Å². The molecule has 1 saturated heterocycles. The van der Waals surface area contributed by atoms with Gasteiger partial charge in [-0.05, 0) is 39.3 Å². The summed E-state index contributed by atoms with van der Waals surface area (Å²) >= 11 is 0. The van der Waals surface area contributed by atoms with Crippen LogP contribution in [0.2, 0.25) is 0 Å². The number of rotatable bonds is 2. The lowest BCUT2D eigenvalue weighted by Gasteiger charge is -2.30. The summed E-state index contributed by atoms with van der Waals surface area (Å²) in [5, 5.41) is 3.12. The second kappa shape index (κ2) is 3.54. The Balaban J connectivity index is 0.000000810. The molecule has 0 aliphatic carbocycles. The molecule has 0 unspecified atom stereocenters. The van der Waals surface area contributed by atoms with Gasteiger partial charge in [-0.1, -0.05) is 0 Å². The van der Waals surface area contributed by atoms with Crippen molar-refractivity contribution in [3.05, 3.63) is 0 Å². The van der Waals surface area contributed by atoms with Crippen molar-refractivity contribution in [2.75, 3.05) is 13.1 Å². The first kappa shape index (κ1) is 10.2. The van der Waals surface area contributed by atoms with Gasteiger partial charge in [-0.25, -0.2) is 4.39 Å². The van der Waals surface area contributed by atoms with Crippen molar-refractivity contribution < 1.29 is 4.39 Å². The van der Waals surface area contributed by atoms with Crippen LogP contribution in [0.1, 0.15) is 20.3 Å². The van der Waals surface area contributed by atoms with Crippen LogP contribution in [0.3, 0.4) is 0 Å². The molecule has 0 amide bonds. The molecule has 1 N–H and O–H groups in total. The van der Waals surface area contributed by atoms with Crippen LogP contribution < -0.4 is 5.32 Å². The second-order valence-electron chi connectivity index (χ2n) is 3.45. The van der Waals surface area contributed by atoms with E-state index in [0.717, 1.165) is 13.1 Å². The third-order valence-corrected chi connectivity index (χ3v) is 1.64. The van der Waals surface area contributed by atoms with Crippen molar-refractivity contribution in [2.24, 2.45) is 5.92 Å². The van der Waals surface area contributed by atoms with Crippen molar-refractivity contribution in [2.45, 2.75) is 25.9 Å². The van der Waals surface area contributed by atoms with E-state index >= 15 is 0 Å². The molecule has 1 fully saturated rings. The van der Waals surface area contributed by atoms with Gasteiger partial charge < -0.3 is 5.32 Å². The molecule has 1 aliphatic rings. The standard InChI is InChI=1S/C7H14FN.ClH/c1-7(2,8)3-6-4-9-5-6;/h6,9H,3-5H2,1-2H3;1H. The molecular weight excluding hydrogens is 153 g/mol. The van der Waals surface area contributed by atoms with Crippen LogP contribution in [-0.2, 0) is 0 Å². The monoisotopic (exact) mass is 167 g/mol. The molecule has 0 aromatic heterocycles. The summed E-state index contributed by atoms with van der Waals surface area (Å²) in [6, 6.07) is 0. The Morgan fingerprint density at radius 1 is 1.50 bits per heavy atom. The Kier molecular flexibility index (Phi) is 3.60. The quantitative estimate of drug-likeness (QED) is 0.661. The van der Waals surface area contributed by atoms with Crippen LogP contribution in [0.5, 0.6) is 0 Å². The average molecular weight is 168 g/mol. The van der Waals surface area contributed by atoms with Crippen LogP contribution in [0.25, 0.3) is 0 Å². The summed E-state index contributed by atoms with van der Waals surface area (Å²) in [6.07, 6.45) is 0.708. The summed E-state index contributed by atoms with van der Waals surface area (Å²) in [5.41, 5.74) is -0.966. The van der Waals surface area contributed by atoms with Crippen LogP contribution in [0, 0.1) is 5.92 Å². The Hall–Kier alpha value is 0.180. The molecule has 1 rings (SSSR count). The highest BCUT2D eigenvalue weighted by atomic mass is 35.5. The van der Waals surface area contributed by atoms with Gasteiger partial charge >= 0.3 is 0 Å². The molecule has 3 heteroatoms. The van der Waals surface area contributed by atoms with Crippen LogP contribution >= 0.6 is 12.4 Å². The zero-order chi connectivity index (χ0) is 6.91. The Labute approximate surface area is 67.8 Å². The molecule has 0 aromatic carbocycles. The van der Waals surface area contributed by atoms with Gasteiger partial charge in [-0.3, -0.25) is 0 Å². The first-order valence-corrected chi connectivity index (χ1v) is 3.47. The zero-order valence-electron chi connectivity index (χ0n) is 6.48. The van der Waals surface area contributed by atoms with E-state index < -0.39 is 5.67 Å². The SMILES string of the molecule is CC(C)(F)CC1CNC1.Cl. The Bertz CT molecular complexity index is 96.3. The molecule has 0 radical (unpaired) electrons. The summed E-state index contributed by atoms with van der Waals surface area (Å²) in [5.74, 6) is 0.588. The number of nitrogens with one attached hydrogen (secondary N) is 1. The van der Waals surface area contributed by atoms with Gasteiger partial charge in [0.1, 0.15) is 5.67 Å². The van der Waals surface area contributed by atoms with Crippen LogP contribution in [-0.4, -0.2) is 18.8 Å². The molecule has 0 aromatic rings. The molecule has 10 heavy (non-hydrogen) atoms. The molecule has 0 spiro atoms. The lowest BCUT2D eigenvalue weighted by molar-refractivity contribution is 0.144. The highest BCUT2D eigenvalue weighted by Gasteiger charge is 2.25. The molecule has 1 aliphatic heterocycles. The lowest BCUT2D eigenvalue weighted by Crippen LogP contribution is -2.44. The van der Waals surface area contributed by atoms with E-state index in [1.165, 1.54) is 0 Å². The highest BCUT2D eigenvalue weighted by molar-refractivity contribution is 5.85. The van der Waals surface area contributed by atoms with Gasteiger partial charge in [-0.2, -0.15) is 0 Å². The molecule has 1 heterocycles. The fourth-order valence-corrected chi connectivity index (χ4v) is 1.18. The largest absolute Gasteiger partial charge is 0.316 e. The van der Waals surface area contributed by atoms with E-state index in [1.54, 1.807) is 13.8 Å². The van der Waals surface area contributed by atoms with Crippen molar-refractivity contribution in [1.29, 1.82) is 0 Å². The summed E-state index contributed by atoms with van der Waals surface area (Å²) in [6.45, 7) is 5.30. The van der Waals surface area contributed by atoms with E-state index in [4.69, 9.17) is 0 Å². The lowest BCUT2D eigenvalue weighted by atomic mass is 9.91. The van der Waals surface area contributed by atoms with Crippen LogP contribution in [0.4, 0.5) is 4.39 Å². The first-order valence-electron chi connectivity index (χ1n) is 3.47. The number of halogens is 2. The number of hydrogen-bond acceptors (Lipinski definition) is 1. The zero-order valence-corrected chi connectivity index (χ0v) is 7.30. The maximum Gasteiger partial charge on any atom is 0.105 e. The predicted molar refractivity (Wildman–Crippen MR) is 43.4 cm³/mol. The molecular formula is C7H15ClFN. The van der Waals surface area contributed by atoms with Crippen LogP contribution in [0.15, 0.2) is 0 Å². The molecule has 0 saturated carbocycles. The minimum Gasteiger partial charge on any atom is -0.316 e.